The van der Waals surface area contributed by atoms with Gasteiger partial charge in [0.2, 0.25) is 0 Å². The molecule has 3 nitrogen and oxygen atoms in total. The van der Waals surface area contributed by atoms with E-state index in [2.05, 4.69) is 41.4 Å². The Labute approximate surface area is 104 Å². The lowest BCUT2D eigenvalue weighted by atomic mass is 10.1. The fourth-order valence-electron chi connectivity index (χ4n) is 2.51. The molecule has 17 heavy (non-hydrogen) atoms. The summed E-state index contributed by atoms with van der Waals surface area (Å²) >= 11 is 0. The Morgan fingerprint density at radius 3 is 2.47 bits per heavy atom. The molecule has 1 atom stereocenters. The van der Waals surface area contributed by atoms with E-state index in [1.54, 1.807) is 7.11 Å². The van der Waals surface area contributed by atoms with E-state index < -0.39 is 0 Å². The van der Waals surface area contributed by atoms with Crippen LogP contribution >= 0.6 is 0 Å². The van der Waals surface area contributed by atoms with E-state index in [1.165, 1.54) is 11.1 Å². The van der Waals surface area contributed by atoms with Gasteiger partial charge in [-0.05, 0) is 17.7 Å². The van der Waals surface area contributed by atoms with Gasteiger partial charge in [-0.15, -0.1) is 0 Å². The van der Waals surface area contributed by atoms with Crippen LogP contribution in [-0.4, -0.2) is 37.7 Å². The van der Waals surface area contributed by atoms with Crippen molar-refractivity contribution in [1.82, 2.24) is 10.2 Å². The Balaban J connectivity index is 1.89. The molecule has 3 heteroatoms. The van der Waals surface area contributed by atoms with Crippen LogP contribution in [0, 0.1) is 0 Å². The van der Waals surface area contributed by atoms with Crippen molar-refractivity contribution in [3.05, 3.63) is 35.4 Å². The summed E-state index contributed by atoms with van der Waals surface area (Å²) in [6, 6.07) is 9.14. The fourth-order valence-corrected chi connectivity index (χ4v) is 2.51. The van der Waals surface area contributed by atoms with Gasteiger partial charge >= 0.3 is 0 Å². The minimum Gasteiger partial charge on any atom is -0.383 e. The number of nitrogens with one attached hydrogen (secondary N) is 1. The summed E-state index contributed by atoms with van der Waals surface area (Å²) in [5, 5.41) is 3.47. The molecule has 2 rings (SSSR count). The SMILES string of the molecule is CCNC(COC)CN1Cc2ccccc2C1. The van der Waals surface area contributed by atoms with Gasteiger partial charge in [-0.3, -0.25) is 4.90 Å². The van der Waals surface area contributed by atoms with Gasteiger partial charge in [-0.25, -0.2) is 0 Å². The molecular weight excluding hydrogens is 212 g/mol. The molecule has 1 aliphatic rings. The predicted molar refractivity (Wildman–Crippen MR) is 69.9 cm³/mol. The van der Waals surface area contributed by atoms with Crippen LogP contribution in [-0.2, 0) is 17.8 Å². The van der Waals surface area contributed by atoms with Gasteiger partial charge in [0.1, 0.15) is 0 Å². The molecule has 0 aliphatic carbocycles. The number of likely N-dealkylation sites (N-methyl/N-ethyl adjacent to an activating group) is 1. The minimum atomic E-state index is 0.430. The number of hydrogen-bond donors (Lipinski definition) is 1. The van der Waals surface area contributed by atoms with Crippen molar-refractivity contribution < 1.29 is 4.74 Å². The molecule has 1 aromatic carbocycles. The highest BCUT2D eigenvalue weighted by Crippen LogP contribution is 2.21. The maximum absolute atomic E-state index is 5.25. The van der Waals surface area contributed by atoms with E-state index >= 15 is 0 Å². The van der Waals surface area contributed by atoms with Crippen LogP contribution in [0.15, 0.2) is 24.3 Å². The normalized spacial score (nSPS) is 17.1. The molecule has 0 amide bonds. The monoisotopic (exact) mass is 234 g/mol. The molecule has 0 aromatic heterocycles. The number of fused-ring (bicyclic) bond motifs is 1. The second kappa shape index (κ2) is 6.15. The van der Waals surface area contributed by atoms with Gasteiger partial charge in [0.15, 0.2) is 0 Å². The highest BCUT2D eigenvalue weighted by Gasteiger charge is 2.20. The maximum atomic E-state index is 5.25. The zero-order valence-corrected chi connectivity index (χ0v) is 10.8. The predicted octanol–water partition coefficient (Wildman–Crippen LogP) is 1.63. The molecule has 1 unspecified atom stereocenters. The fraction of sp³-hybridized carbons (Fsp3) is 0.571. The molecule has 0 radical (unpaired) electrons. The number of methoxy groups -OCH3 is 1. The second-order valence-electron chi connectivity index (χ2n) is 4.65. The van der Waals surface area contributed by atoms with Crippen LogP contribution < -0.4 is 5.32 Å². The van der Waals surface area contributed by atoms with E-state index in [-0.39, 0.29) is 0 Å². The number of rotatable bonds is 6. The van der Waals surface area contributed by atoms with E-state index in [4.69, 9.17) is 4.74 Å². The van der Waals surface area contributed by atoms with Crippen molar-refractivity contribution in [2.75, 3.05) is 26.8 Å². The van der Waals surface area contributed by atoms with Gasteiger partial charge < -0.3 is 10.1 Å². The molecule has 0 fully saturated rings. The first-order chi connectivity index (χ1) is 8.33. The number of hydrogen-bond acceptors (Lipinski definition) is 3. The number of ether oxygens (including phenoxy) is 1. The summed E-state index contributed by atoms with van der Waals surface area (Å²) < 4.78 is 5.25. The molecule has 1 N–H and O–H groups in total. The number of benzene rings is 1. The van der Waals surface area contributed by atoms with Crippen LogP contribution in [0.4, 0.5) is 0 Å². The van der Waals surface area contributed by atoms with E-state index in [0.29, 0.717) is 6.04 Å². The van der Waals surface area contributed by atoms with E-state index in [9.17, 15) is 0 Å². The first-order valence-electron chi connectivity index (χ1n) is 6.35. The summed E-state index contributed by atoms with van der Waals surface area (Å²) in [5.74, 6) is 0. The average molecular weight is 234 g/mol. The standard InChI is InChI=1S/C14H22N2O/c1-3-15-14(11-17-2)10-16-8-12-6-4-5-7-13(12)9-16/h4-7,14-15H,3,8-11H2,1-2H3. The molecule has 0 spiro atoms. The third kappa shape index (κ3) is 3.28. The highest BCUT2D eigenvalue weighted by atomic mass is 16.5. The lowest BCUT2D eigenvalue weighted by Gasteiger charge is -2.23. The molecule has 1 aromatic rings. The van der Waals surface area contributed by atoms with Crippen LogP contribution in [0.2, 0.25) is 0 Å². The Hall–Kier alpha value is -0.900. The van der Waals surface area contributed by atoms with Crippen molar-refractivity contribution in [3.8, 4) is 0 Å². The minimum absolute atomic E-state index is 0.430. The van der Waals surface area contributed by atoms with Gasteiger partial charge in [-0.1, -0.05) is 31.2 Å². The lowest BCUT2D eigenvalue weighted by molar-refractivity contribution is 0.138. The van der Waals surface area contributed by atoms with Crippen molar-refractivity contribution in [3.63, 3.8) is 0 Å². The van der Waals surface area contributed by atoms with Gasteiger partial charge in [0.25, 0.3) is 0 Å². The molecule has 0 bridgehead atoms. The number of nitrogens with zero attached hydrogens (tertiary/aromatic N) is 1. The summed E-state index contributed by atoms with van der Waals surface area (Å²) in [6.07, 6.45) is 0. The Kier molecular flexibility index (Phi) is 4.54. The van der Waals surface area contributed by atoms with Gasteiger partial charge in [0.05, 0.1) is 6.61 Å². The summed E-state index contributed by atoms with van der Waals surface area (Å²) in [4.78, 5) is 2.48. The van der Waals surface area contributed by atoms with Crippen molar-refractivity contribution in [1.29, 1.82) is 0 Å². The van der Waals surface area contributed by atoms with Crippen LogP contribution in [0.3, 0.4) is 0 Å². The van der Waals surface area contributed by atoms with Gasteiger partial charge in [0, 0.05) is 32.8 Å². The summed E-state index contributed by atoms with van der Waals surface area (Å²) in [5.41, 5.74) is 2.94. The molecule has 0 saturated heterocycles. The van der Waals surface area contributed by atoms with E-state index in [0.717, 1.165) is 32.8 Å². The third-order valence-corrected chi connectivity index (χ3v) is 3.25. The zero-order chi connectivity index (χ0) is 12.1. The maximum Gasteiger partial charge on any atom is 0.0628 e. The van der Waals surface area contributed by atoms with Crippen LogP contribution in [0.5, 0.6) is 0 Å². The lowest BCUT2D eigenvalue weighted by Crippen LogP contribution is -2.42. The topological polar surface area (TPSA) is 24.5 Å². The molecular formula is C14H22N2O. The Bertz CT molecular complexity index is 323. The first-order valence-corrected chi connectivity index (χ1v) is 6.35. The van der Waals surface area contributed by atoms with E-state index in [1.807, 2.05) is 0 Å². The second-order valence-corrected chi connectivity index (χ2v) is 4.65. The van der Waals surface area contributed by atoms with Crippen LogP contribution in [0.1, 0.15) is 18.1 Å². The van der Waals surface area contributed by atoms with Crippen molar-refractivity contribution >= 4 is 0 Å². The smallest absolute Gasteiger partial charge is 0.0628 e. The van der Waals surface area contributed by atoms with Crippen molar-refractivity contribution in [2.24, 2.45) is 0 Å². The molecule has 94 valence electrons. The zero-order valence-electron chi connectivity index (χ0n) is 10.8. The Morgan fingerprint density at radius 2 is 1.94 bits per heavy atom. The highest BCUT2D eigenvalue weighted by molar-refractivity contribution is 5.30. The molecule has 0 saturated carbocycles. The van der Waals surface area contributed by atoms with Crippen LogP contribution in [0.25, 0.3) is 0 Å². The summed E-state index contributed by atoms with van der Waals surface area (Å²) in [7, 11) is 1.77. The van der Waals surface area contributed by atoms with Gasteiger partial charge in [-0.2, -0.15) is 0 Å². The quantitative estimate of drug-likeness (QED) is 0.809. The molecule has 1 aliphatic heterocycles. The molecule has 1 heterocycles. The Morgan fingerprint density at radius 1 is 1.29 bits per heavy atom. The largest absolute Gasteiger partial charge is 0.383 e. The summed E-state index contributed by atoms with van der Waals surface area (Å²) in [6.45, 7) is 7.11. The average Bonchev–Trinajstić information content (AvgIpc) is 2.71. The first kappa shape index (κ1) is 12.6. The third-order valence-electron chi connectivity index (χ3n) is 3.25. The van der Waals surface area contributed by atoms with Crippen molar-refractivity contribution in [2.45, 2.75) is 26.1 Å².